The van der Waals surface area contributed by atoms with E-state index in [1.54, 1.807) is 12.1 Å². The Balaban J connectivity index is 2.05. The van der Waals surface area contributed by atoms with Crippen molar-refractivity contribution in [3.05, 3.63) is 30.1 Å². The van der Waals surface area contributed by atoms with Crippen molar-refractivity contribution < 1.29 is 9.13 Å². The second kappa shape index (κ2) is 4.11. The summed E-state index contributed by atoms with van der Waals surface area (Å²) in [5, 5.41) is 9.06. The number of hydrogen-bond acceptors (Lipinski definition) is 3. The van der Waals surface area contributed by atoms with Crippen LogP contribution in [0.2, 0.25) is 0 Å². The Kier molecular flexibility index (Phi) is 2.80. The van der Waals surface area contributed by atoms with Crippen LogP contribution < -0.4 is 4.90 Å². The third-order valence-corrected chi connectivity index (χ3v) is 2.80. The molecule has 0 atom stereocenters. The molecule has 1 aliphatic rings. The molecule has 1 heterocycles. The molecule has 84 valence electrons. The zero-order valence-corrected chi connectivity index (χ0v) is 9.11. The van der Waals surface area contributed by atoms with Crippen molar-refractivity contribution in [3.8, 4) is 6.07 Å². The highest BCUT2D eigenvalue weighted by molar-refractivity contribution is 5.46. The standard InChI is InChI=1S/C12H13FN2O/c1-15(7-12(6-14)8-16-9-12)11-4-2-10(13)3-5-11/h2-5H,7-9H2,1H3. The maximum atomic E-state index is 12.7. The molecule has 0 saturated carbocycles. The minimum atomic E-state index is -0.400. The Morgan fingerprint density at radius 1 is 1.44 bits per heavy atom. The molecule has 1 aromatic carbocycles. The first-order valence-corrected chi connectivity index (χ1v) is 5.11. The molecule has 3 nitrogen and oxygen atoms in total. The Labute approximate surface area is 94.0 Å². The monoisotopic (exact) mass is 220 g/mol. The summed E-state index contributed by atoms with van der Waals surface area (Å²) in [7, 11) is 1.89. The predicted molar refractivity (Wildman–Crippen MR) is 58.5 cm³/mol. The van der Waals surface area contributed by atoms with Gasteiger partial charge in [-0.05, 0) is 24.3 Å². The summed E-state index contributed by atoms with van der Waals surface area (Å²) in [6, 6.07) is 8.54. The van der Waals surface area contributed by atoms with Crippen molar-refractivity contribution in [2.24, 2.45) is 5.41 Å². The van der Waals surface area contributed by atoms with Gasteiger partial charge in [-0.25, -0.2) is 4.39 Å². The second-order valence-corrected chi connectivity index (χ2v) is 4.22. The number of nitriles is 1. The fraction of sp³-hybridized carbons (Fsp3) is 0.417. The van der Waals surface area contributed by atoms with E-state index in [4.69, 9.17) is 10.00 Å². The average Bonchev–Trinajstić information content (AvgIpc) is 2.24. The van der Waals surface area contributed by atoms with E-state index in [0.29, 0.717) is 19.8 Å². The average molecular weight is 220 g/mol. The molecule has 2 rings (SSSR count). The Bertz CT molecular complexity index is 406. The number of benzene rings is 1. The van der Waals surface area contributed by atoms with Crippen LogP contribution in [-0.2, 0) is 4.74 Å². The topological polar surface area (TPSA) is 36.3 Å². The van der Waals surface area contributed by atoms with E-state index in [-0.39, 0.29) is 5.82 Å². The van der Waals surface area contributed by atoms with Gasteiger partial charge in [0.25, 0.3) is 0 Å². The van der Waals surface area contributed by atoms with Crippen LogP contribution in [0.3, 0.4) is 0 Å². The molecule has 0 radical (unpaired) electrons. The molecule has 1 aliphatic heterocycles. The number of anilines is 1. The van der Waals surface area contributed by atoms with Crippen LogP contribution in [-0.4, -0.2) is 26.8 Å². The van der Waals surface area contributed by atoms with Crippen LogP contribution in [0.25, 0.3) is 0 Å². The molecule has 0 spiro atoms. The van der Waals surface area contributed by atoms with E-state index in [1.807, 2.05) is 11.9 Å². The largest absolute Gasteiger partial charge is 0.378 e. The molecule has 1 aromatic rings. The van der Waals surface area contributed by atoms with Crippen molar-refractivity contribution in [2.75, 3.05) is 31.7 Å². The van der Waals surface area contributed by atoms with E-state index in [2.05, 4.69) is 6.07 Å². The highest BCUT2D eigenvalue weighted by atomic mass is 19.1. The number of ether oxygens (including phenoxy) is 1. The van der Waals surface area contributed by atoms with Gasteiger partial charge in [0.05, 0.1) is 19.3 Å². The third-order valence-electron chi connectivity index (χ3n) is 2.80. The SMILES string of the molecule is CN(CC1(C#N)COC1)c1ccc(F)cc1. The first-order valence-electron chi connectivity index (χ1n) is 5.11. The first kappa shape index (κ1) is 10.9. The van der Waals surface area contributed by atoms with Crippen molar-refractivity contribution in [2.45, 2.75) is 0 Å². The maximum Gasteiger partial charge on any atom is 0.123 e. The van der Waals surface area contributed by atoms with Gasteiger partial charge in [0.15, 0.2) is 0 Å². The zero-order valence-electron chi connectivity index (χ0n) is 9.11. The molecule has 1 fully saturated rings. The molecule has 0 aliphatic carbocycles. The van der Waals surface area contributed by atoms with Gasteiger partial charge in [0.1, 0.15) is 11.2 Å². The first-order chi connectivity index (χ1) is 7.65. The van der Waals surface area contributed by atoms with E-state index < -0.39 is 5.41 Å². The second-order valence-electron chi connectivity index (χ2n) is 4.22. The Morgan fingerprint density at radius 2 is 2.06 bits per heavy atom. The molecule has 0 bridgehead atoms. The molecular weight excluding hydrogens is 207 g/mol. The fourth-order valence-corrected chi connectivity index (χ4v) is 1.78. The maximum absolute atomic E-state index is 12.7. The van der Waals surface area contributed by atoms with Gasteiger partial charge >= 0.3 is 0 Å². The van der Waals surface area contributed by atoms with Crippen molar-refractivity contribution in [1.82, 2.24) is 0 Å². The number of rotatable bonds is 3. The van der Waals surface area contributed by atoms with Crippen LogP contribution >= 0.6 is 0 Å². The van der Waals surface area contributed by atoms with Crippen molar-refractivity contribution in [1.29, 1.82) is 5.26 Å². The van der Waals surface area contributed by atoms with Gasteiger partial charge in [-0.1, -0.05) is 0 Å². The zero-order chi connectivity index (χ0) is 11.6. The number of halogens is 1. The summed E-state index contributed by atoms with van der Waals surface area (Å²) in [6.07, 6.45) is 0. The lowest BCUT2D eigenvalue weighted by molar-refractivity contribution is -0.0716. The smallest absolute Gasteiger partial charge is 0.123 e. The lowest BCUT2D eigenvalue weighted by Crippen LogP contribution is -2.49. The lowest BCUT2D eigenvalue weighted by Gasteiger charge is -2.38. The molecule has 0 amide bonds. The molecule has 16 heavy (non-hydrogen) atoms. The molecule has 1 saturated heterocycles. The Hall–Kier alpha value is -1.60. The lowest BCUT2D eigenvalue weighted by atomic mass is 9.87. The molecular formula is C12H13FN2O. The quantitative estimate of drug-likeness (QED) is 0.779. The molecule has 0 unspecified atom stereocenters. The molecule has 0 N–H and O–H groups in total. The molecule has 4 heteroatoms. The van der Waals surface area contributed by atoms with E-state index >= 15 is 0 Å². The predicted octanol–water partition coefficient (Wildman–Crippen LogP) is 1.80. The van der Waals surface area contributed by atoms with E-state index in [0.717, 1.165) is 5.69 Å². The highest BCUT2D eigenvalue weighted by Gasteiger charge is 2.40. The summed E-state index contributed by atoms with van der Waals surface area (Å²) in [5.74, 6) is -0.251. The van der Waals surface area contributed by atoms with Gasteiger partial charge in [0.2, 0.25) is 0 Å². The van der Waals surface area contributed by atoms with Crippen LogP contribution in [0.15, 0.2) is 24.3 Å². The summed E-state index contributed by atoms with van der Waals surface area (Å²) in [4.78, 5) is 1.95. The summed E-state index contributed by atoms with van der Waals surface area (Å²) in [6.45, 7) is 1.57. The minimum absolute atomic E-state index is 0.251. The minimum Gasteiger partial charge on any atom is -0.378 e. The van der Waals surface area contributed by atoms with E-state index in [9.17, 15) is 4.39 Å². The van der Waals surface area contributed by atoms with Crippen molar-refractivity contribution in [3.63, 3.8) is 0 Å². The van der Waals surface area contributed by atoms with Gasteiger partial charge in [-0.15, -0.1) is 0 Å². The van der Waals surface area contributed by atoms with E-state index in [1.165, 1.54) is 12.1 Å². The summed E-state index contributed by atoms with van der Waals surface area (Å²) >= 11 is 0. The number of nitrogens with zero attached hydrogens (tertiary/aromatic N) is 2. The summed E-state index contributed by atoms with van der Waals surface area (Å²) < 4.78 is 17.8. The van der Waals surface area contributed by atoms with Gasteiger partial charge in [-0.3, -0.25) is 0 Å². The van der Waals surface area contributed by atoms with Gasteiger partial charge in [-0.2, -0.15) is 5.26 Å². The highest BCUT2D eigenvalue weighted by Crippen LogP contribution is 2.29. The third kappa shape index (κ3) is 2.00. The normalized spacial score (nSPS) is 17.3. The van der Waals surface area contributed by atoms with Crippen LogP contribution in [0, 0.1) is 22.6 Å². The summed E-state index contributed by atoms with van der Waals surface area (Å²) in [5.41, 5.74) is 0.506. The van der Waals surface area contributed by atoms with Gasteiger partial charge < -0.3 is 9.64 Å². The number of hydrogen-bond donors (Lipinski definition) is 0. The molecule has 0 aromatic heterocycles. The van der Waals surface area contributed by atoms with Crippen LogP contribution in [0.5, 0.6) is 0 Å². The van der Waals surface area contributed by atoms with Crippen molar-refractivity contribution >= 4 is 5.69 Å². The fourth-order valence-electron chi connectivity index (χ4n) is 1.78. The Morgan fingerprint density at radius 3 is 2.50 bits per heavy atom. The van der Waals surface area contributed by atoms with Crippen LogP contribution in [0.1, 0.15) is 0 Å². The van der Waals surface area contributed by atoms with Gasteiger partial charge in [0, 0.05) is 19.3 Å². The van der Waals surface area contributed by atoms with Crippen LogP contribution in [0.4, 0.5) is 10.1 Å².